The van der Waals surface area contributed by atoms with Crippen molar-refractivity contribution >= 4 is 75.1 Å². The normalized spacial score (nSPS) is 11.9. The van der Waals surface area contributed by atoms with E-state index in [2.05, 4.69) is 130 Å². The molecule has 0 atom stereocenters. The van der Waals surface area contributed by atoms with Crippen LogP contribution in [0, 0.1) is 11.3 Å². The Morgan fingerprint density at radius 1 is 0.488 bits per heavy atom. The molecule has 9 rings (SSSR count). The van der Waals surface area contributed by atoms with Crippen molar-refractivity contribution in [3.63, 3.8) is 0 Å². The van der Waals surface area contributed by atoms with E-state index < -0.39 is 0 Å². The Kier molecular flexibility index (Phi) is 4.55. The van der Waals surface area contributed by atoms with E-state index in [4.69, 9.17) is 0 Å². The first-order valence-corrected chi connectivity index (χ1v) is 14.5. The van der Waals surface area contributed by atoms with Gasteiger partial charge in [0.05, 0.1) is 39.4 Å². The van der Waals surface area contributed by atoms with Gasteiger partial charge in [-0.25, -0.2) is 0 Å². The van der Waals surface area contributed by atoms with Gasteiger partial charge in [-0.15, -0.1) is 11.3 Å². The molecular formula is C37H21N3S. The molecule has 41 heavy (non-hydrogen) atoms. The smallest absolute Gasteiger partial charge is 0.0991 e. The quantitative estimate of drug-likeness (QED) is 0.215. The van der Waals surface area contributed by atoms with Crippen molar-refractivity contribution < 1.29 is 0 Å². The maximum Gasteiger partial charge on any atom is 0.0991 e. The van der Waals surface area contributed by atoms with Crippen molar-refractivity contribution in [1.29, 1.82) is 5.26 Å². The zero-order valence-electron chi connectivity index (χ0n) is 21.9. The summed E-state index contributed by atoms with van der Waals surface area (Å²) < 4.78 is 7.30. The molecule has 9 aromatic rings. The van der Waals surface area contributed by atoms with Crippen molar-refractivity contribution in [3.8, 4) is 17.4 Å². The molecule has 0 amide bonds. The van der Waals surface area contributed by atoms with E-state index in [1.807, 2.05) is 23.5 Å². The van der Waals surface area contributed by atoms with Crippen LogP contribution < -0.4 is 0 Å². The fraction of sp³-hybridized carbons (Fsp3) is 0. The van der Waals surface area contributed by atoms with Crippen LogP contribution >= 0.6 is 11.3 Å². The summed E-state index contributed by atoms with van der Waals surface area (Å²) in [5.74, 6) is 0. The van der Waals surface area contributed by atoms with Gasteiger partial charge in [0.1, 0.15) is 0 Å². The lowest BCUT2D eigenvalue weighted by Gasteiger charge is -2.11. The van der Waals surface area contributed by atoms with Crippen LogP contribution in [-0.4, -0.2) is 9.13 Å². The molecule has 0 aliphatic rings. The van der Waals surface area contributed by atoms with Crippen molar-refractivity contribution in [3.05, 3.63) is 133 Å². The monoisotopic (exact) mass is 539 g/mol. The second-order valence-corrected chi connectivity index (χ2v) is 11.6. The highest BCUT2D eigenvalue weighted by molar-refractivity contribution is 7.25. The van der Waals surface area contributed by atoms with Crippen molar-refractivity contribution in [1.82, 2.24) is 9.13 Å². The van der Waals surface area contributed by atoms with E-state index in [1.165, 1.54) is 47.7 Å². The lowest BCUT2D eigenvalue weighted by atomic mass is 10.1. The summed E-state index contributed by atoms with van der Waals surface area (Å²) in [6, 6.07) is 47.7. The number of nitriles is 1. The van der Waals surface area contributed by atoms with Gasteiger partial charge in [-0.05, 0) is 66.7 Å². The maximum absolute atomic E-state index is 9.57. The zero-order chi connectivity index (χ0) is 27.1. The number of thiophene rings is 1. The Hall–Kier alpha value is -5.37. The fourth-order valence-corrected chi connectivity index (χ4v) is 7.73. The first-order valence-electron chi connectivity index (χ1n) is 13.7. The number of hydrogen-bond acceptors (Lipinski definition) is 2. The van der Waals surface area contributed by atoms with Crippen LogP contribution in [0.25, 0.3) is 75.2 Å². The average Bonchev–Trinajstić information content (AvgIpc) is 3.68. The number of benzene rings is 6. The number of nitrogens with zero attached hydrogens (tertiary/aromatic N) is 3. The van der Waals surface area contributed by atoms with Crippen molar-refractivity contribution in [2.45, 2.75) is 0 Å². The van der Waals surface area contributed by atoms with Gasteiger partial charge in [0.15, 0.2) is 0 Å². The second kappa shape index (κ2) is 8.32. The summed E-state index contributed by atoms with van der Waals surface area (Å²) >= 11 is 1.84. The third kappa shape index (κ3) is 3.07. The van der Waals surface area contributed by atoms with E-state index in [0.29, 0.717) is 5.56 Å². The first-order chi connectivity index (χ1) is 20.3. The Morgan fingerprint density at radius 3 is 1.83 bits per heavy atom. The van der Waals surface area contributed by atoms with Crippen LogP contribution in [0.5, 0.6) is 0 Å². The van der Waals surface area contributed by atoms with Gasteiger partial charge in [0.25, 0.3) is 0 Å². The summed E-state index contributed by atoms with van der Waals surface area (Å²) in [6.07, 6.45) is 0. The van der Waals surface area contributed by atoms with Crippen LogP contribution in [0.4, 0.5) is 0 Å². The summed E-state index contributed by atoms with van der Waals surface area (Å²) in [5.41, 5.74) is 7.66. The van der Waals surface area contributed by atoms with Gasteiger partial charge < -0.3 is 9.13 Å². The maximum atomic E-state index is 9.57. The number of aromatic nitrogens is 2. The van der Waals surface area contributed by atoms with Gasteiger partial charge in [0, 0.05) is 47.4 Å². The fourth-order valence-electron chi connectivity index (χ4n) is 6.62. The highest BCUT2D eigenvalue weighted by Gasteiger charge is 2.18. The van der Waals surface area contributed by atoms with Crippen LogP contribution in [0.1, 0.15) is 5.56 Å². The predicted octanol–water partition coefficient (Wildman–Crippen LogP) is 10.1. The van der Waals surface area contributed by atoms with E-state index >= 15 is 0 Å². The van der Waals surface area contributed by atoms with E-state index in [1.54, 1.807) is 0 Å². The lowest BCUT2D eigenvalue weighted by Crippen LogP contribution is -1.95. The van der Waals surface area contributed by atoms with Crippen LogP contribution in [-0.2, 0) is 0 Å². The van der Waals surface area contributed by atoms with Gasteiger partial charge in [-0.2, -0.15) is 5.26 Å². The molecule has 0 saturated carbocycles. The molecule has 6 aromatic carbocycles. The Morgan fingerprint density at radius 2 is 1.12 bits per heavy atom. The minimum absolute atomic E-state index is 0.676. The third-order valence-electron chi connectivity index (χ3n) is 8.34. The molecule has 0 aliphatic carbocycles. The van der Waals surface area contributed by atoms with E-state index in [0.717, 1.165) is 27.5 Å². The highest BCUT2D eigenvalue weighted by Crippen LogP contribution is 2.42. The van der Waals surface area contributed by atoms with Crippen molar-refractivity contribution in [2.24, 2.45) is 0 Å². The molecule has 0 fully saturated rings. The molecule has 3 nitrogen and oxygen atoms in total. The minimum Gasteiger partial charge on any atom is -0.309 e. The number of rotatable bonds is 2. The molecule has 0 aliphatic heterocycles. The molecule has 0 radical (unpaired) electrons. The molecule has 3 heterocycles. The molecule has 0 unspecified atom stereocenters. The molecule has 0 bridgehead atoms. The van der Waals surface area contributed by atoms with Crippen LogP contribution in [0.3, 0.4) is 0 Å². The Bertz CT molecular complexity index is 2500. The topological polar surface area (TPSA) is 33.6 Å². The standard InChI is InChI=1S/C37H21N3S/c38-22-23-16-18-33-28(20-23)27-10-3-4-11-30(27)39(33)24-17-19-35-29(21-24)37-34(14-7-15-36(37)41-35)40-31-12-5-1-8-25(31)26-9-2-6-13-32(26)40/h1-21H. The number of fused-ring (bicyclic) bond motifs is 9. The molecule has 0 spiro atoms. The van der Waals surface area contributed by atoms with E-state index in [9.17, 15) is 5.26 Å². The van der Waals surface area contributed by atoms with Gasteiger partial charge in [-0.1, -0.05) is 60.7 Å². The Balaban J connectivity index is 1.38. The summed E-state index contributed by atoms with van der Waals surface area (Å²) in [6.45, 7) is 0. The lowest BCUT2D eigenvalue weighted by molar-refractivity contribution is 1.18. The zero-order valence-corrected chi connectivity index (χ0v) is 22.7. The first kappa shape index (κ1) is 22.4. The molecule has 4 heteroatoms. The van der Waals surface area contributed by atoms with Gasteiger partial charge in [0.2, 0.25) is 0 Å². The van der Waals surface area contributed by atoms with E-state index in [-0.39, 0.29) is 0 Å². The SMILES string of the molecule is N#Cc1ccc2c(c1)c1ccccc1n2-c1ccc2sc3cccc(-n4c5ccccc5c5ccccc54)c3c2c1. The Labute approximate surface area is 239 Å². The summed E-state index contributed by atoms with van der Waals surface area (Å²) in [4.78, 5) is 0. The predicted molar refractivity (Wildman–Crippen MR) is 173 cm³/mol. The third-order valence-corrected chi connectivity index (χ3v) is 9.47. The minimum atomic E-state index is 0.676. The molecular weight excluding hydrogens is 518 g/mol. The number of hydrogen-bond donors (Lipinski definition) is 0. The average molecular weight is 540 g/mol. The molecule has 0 saturated heterocycles. The largest absolute Gasteiger partial charge is 0.309 e. The summed E-state index contributed by atoms with van der Waals surface area (Å²) in [7, 11) is 0. The summed E-state index contributed by atoms with van der Waals surface area (Å²) in [5, 5.41) is 16.9. The second-order valence-electron chi connectivity index (χ2n) is 10.5. The molecule has 3 aromatic heterocycles. The van der Waals surface area contributed by atoms with Gasteiger partial charge in [-0.3, -0.25) is 0 Å². The van der Waals surface area contributed by atoms with Crippen LogP contribution in [0.2, 0.25) is 0 Å². The van der Waals surface area contributed by atoms with Gasteiger partial charge >= 0.3 is 0 Å². The molecule has 0 N–H and O–H groups in total. The number of para-hydroxylation sites is 3. The highest BCUT2D eigenvalue weighted by atomic mass is 32.1. The molecule has 190 valence electrons. The van der Waals surface area contributed by atoms with Crippen molar-refractivity contribution in [2.75, 3.05) is 0 Å². The van der Waals surface area contributed by atoms with Crippen LogP contribution in [0.15, 0.2) is 127 Å².